The van der Waals surface area contributed by atoms with Crippen LogP contribution in [0.1, 0.15) is 5.69 Å². The Morgan fingerprint density at radius 1 is 1.18 bits per heavy atom. The van der Waals surface area contributed by atoms with E-state index in [9.17, 15) is 17.6 Å². The third-order valence-electron chi connectivity index (χ3n) is 3.08. The van der Waals surface area contributed by atoms with Gasteiger partial charge in [0.05, 0.1) is 17.2 Å². The molecule has 0 aromatic carbocycles. The maximum atomic E-state index is 13.9. The van der Waals surface area contributed by atoms with Gasteiger partial charge in [-0.15, -0.1) is 0 Å². The van der Waals surface area contributed by atoms with E-state index in [4.69, 9.17) is 0 Å². The number of fused-ring (bicyclic) bond motifs is 1. The normalized spacial score (nSPS) is 12.1. The Hall–Kier alpha value is -2.03. The molecule has 0 spiro atoms. The standard InChI is InChI=1S/C13H7BrF4N4/c1-22-8-5-19-9(13(16,17)18)4-7(8)20-12(22)11-6(15)2-3-10(14)21-11/h2-5H,1H3. The molecule has 0 fully saturated rings. The number of imidazole rings is 1. The highest BCUT2D eigenvalue weighted by molar-refractivity contribution is 9.10. The van der Waals surface area contributed by atoms with E-state index >= 15 is 0 Å². The molecule has 22 heavy (non-hydrogen) atoms. The van der Waals surface area contributed by atoms with Crippen LogP contribution in [0.15, 0.2) is 29.0 Å². The third kappa shape index (κ3) is 2.45. The van der Waals surface area contributed by atoms with Gasteiger partial charge in [0.25, 0.3) is 0 Å². The van der Waals surface area contributed by atoms with Crippen LogP contribution >= 0.6 is 15.9 Å². The second kappa shape index (κ2) is 5.01. The molecule has 3 aromatic rings. The first-order valence-electron chi connectivity index (χ1n) is 5.99. The SMILES string of the molecule is Cn1c(-c2nc(Br)ccc2F)nc2cc(C(F)(F)F)ncc21. The lowest BCUT2D eigenvalue weighted by molar-refractivity contribution is -0.141. The lowest BCUT2D eigenvalue weighted by Crippen LogP contribution is -2.07. The van der Waals surface area contributed by atoms with Crippen LogP contribution in [0.25, 0.3) is 22.6 Å². The van der Waals surface area contributed by atoms with E-state index in [2.05, 4.69) is 30.9 Å². The third-order valence-corrected chi connectivity index (χ3v) is 3.52. The van der Waals surface area contributed by atoms with Gasteiger partial charge in [0.15, 0.2) is 11.6 Å². The summed E-state index contributed by atoms with van der Waals surface area (Å²) in [5.41, 5.74) is -0.681. The molecule has 0 unspecified atom stereocenters. The summed E-state index contributed by atoms with van der Waals surface area (Å²) in [5.74, 6) is -0.500. The molecule has 0 atom stereocenters. The Balaban J connectivity index is 2.24. The predicted octanol–water partition coefficient (Wildman–Crippen LogP) is 3.95. The van der Waals surface area contributed by atoms with Crippen molar-refractivity contribution >= 4 is 27.0 Å². The number of nitrogens with zero attached hydrogens (tertiary/aromatic N) is 4. The highest BCUT2D eigenvalue weighted by Gasteiger charge is 2.33. The zero-order valence-electron chi connectivity index (χ0n) is 11.0. The van der Waals surface area contributed by atoms with Crippen molar-refractivity contribution in [3.63, 3.8) is 0 Å². The van der Waals surface area contributed by atoms with Gasteiger partial charge in [0, 0.05) is 7.05 Å². The van der Waals surface area contributed by atoms with E-state index in [0.29, 0.717) is 10.1 Å². The Bertz CT molecular complexity index is 872. The van der Waals surface area contributed by atoms with Crippen LogP contribution in [0.5, 0.6) is 0 Å². The number of hydrogen-bond acceptors (Lipinski definition) is 3. The van der Waals surface area contributed by atoms with Gasteiger partial charge in [0.2, 0.25) is 0 Å². The van der Waals surface area contributed by atoms with Crippen molar-refractivity contribution in [3.8, 4) is 11.5 Å². The Morgan fingerprint density at radius 2 is 1.91 bits per heavy atom. The fourth-order valence-electron chi connectivity index (χ4n) is 2.03. The average Bonchev–Trinajstić information content (AvgIpc) is 2.77. The Morgan fingerprint density at radius 3 is 2.59 bits per heavy atom. The lowest BCUT2D eigenvalue weighted by atomic mass is 10.3. The number of pyridine rings is 2. The van der Waals surface area contributed by atoms with E-state index in [-0.39, 0.29) is 17.0 Å². The molecule has 114 valence electrons. The Kier molecular flexibility index (Phi) is 3.39. The van der Waals surface area contributed by atoms with Gasteiger partial charge in [-0.3, -0.25) is 0 Å². The van der Waals surface area contributed by atoms with Crippen LogP contribution in [0.3, 0.4) is 0 Å². The molecule has 3 rings (SSSR count). The van der Waals surface area contributed by atoms with Crippen LogP contribution in [-0.2, 0) is 13.2 Å². The molecule has 0 saturated carbocycles. The van der Waals surface area contributed by atoms with Crippen LogP contribution < -0.4 is 0 Å². The van der Waals surface area contributed by atoms with Crippen molar-refractivity contribution < 1.29 is 17.6 Å². The number of rotatable bonds is 1. The van der Waals surface area contributed by atoms with Gasteiger partial charge in [-0.25, -0.2) is 19.3 Å². The van der Waals surface area contributed by atoms with Gasteiger partial charge < -0.3 is 4.57 Å². The first kappa shape index (κ1) is 14.9. The molecule has 9 heteroatoms. The number of alkyl halides is 3. The van der Waals surface area contributed by atoms with Crippen LogP contribution in [0, 0.1) is 5.82 Å². The minimum absolute atomic E-state index is 0.0540. The average molecular weight is 375 g/mol. The maximum Gasteiger partial charge on any atom is 0.433 e. The summed E-state index contributed by atoms with van der Waals surface area (Å²) in [5, 5.41) is 0. The van der Waals surface area contributed by atoms with Crippen molar-refractivity contribution in [2.75, 3.05) is 0 Å². The summed E-state index contributed by atoms with van der Waals surface area (Å²) in [7, 11) is 1.56. The van der Waals surface area contributed by atoms with Crippen molar-refractivity contribution in [1.29, 1.82) is 0 Å². The number of aryl methyl sites for hydroxylation is 1. The minimum atomic E-state index is -4.56. The highest BCUT2D eigenvalue weighted by Crippen LogP contribution is 2.31. The fourth-order valence-corrected chi connectivity index (χ4v) is 2.34. The van der Waals surface area contributed by atoms with E-state index in [1.807, 2.05) is 0 Å². The highest BCUT2D eigenvalue weighted by atomic mass is 79.9. The molecule has 0 aliphatic carbocycles. The molecule has 4 nitrogen and oxygen atoms in total. The second-order valence-corrected chi connectivity index (χ2v) is 5.33. The molecular formula is C13H7BrF4N4. The van der Waals surface area contributed by atoms with Crippen molar-refractivity contribution in [2.24, 2.45) is 7.05 Å². The topological polar surface area (TPSA) is 43.6 Å². The van der Waals surface area contributed by atoms with E-state index in [1.165, 1.54) is 16.7 Å². The number of hydrogen-bond donors (Lipinski definition) is 0. The first-order chi connectivity index (χ1) is 10.3. The smallest absolute Gasteiger partial charge is 0.324 e. The molecule has 0 bridgehead atoms. The summed E-state index contributed by atoms with van der Waals surface area (Å²) in [6.45, 7) is 0. The van der Waals surface area contributed by atoms with E-state index in [1.54, 1.807) is 7.05 Å². The minimum Gasteiger partial charge on any atom is -0.324 e. The predicted molar refractivity (Wildman–Crippen MR) is 74.4 cm³/mol. The van der Waals surface area contributed by atoms with Crippen LogP contribution in [-0.4, -0.2) is 19.5 Å². The summed E-state index contributed by atoms with van der Waals surface area (Å²) >= 11 is 3.12. The fraction of sp³-hybridized carbons (Fsp3) is 0.154. The van der Waals surface area contributed by atoms with Crippen LogP contribution in [0.4, 0.5) is 17.6 Å². The maximum absolute atomic E-state index is 13.9. The molecule has 0 amide bonds. The van der Waals surface area contributed by atoms with Gasteiger partial charge in [-0.05, 0) is 34.1 Å². The van der Waals surface area contributed by atoms with Gasteiger partial charge in [0.1, 0.15) is 16.0 Å². The largest absolute Gasteiger partial charge is 0.433 e. The molecule has 0 N–H and O–H groups in total. The van der Waals surface area contributed by atoms with Crippen molar-refractivity contribution in [2.45, 2.75) is 6.18 Å². The molecule has 0 aliphatic rings. The van der Waals surface area contributed by atoms with E-state index in [0.717, 1.165) is 12.3 Å². The summed E-state index contributed by atoms with van der Waals surface area (Å²) in [6.07, 6.45) is -3.50. The van der Waals surface area contributed by atoms with Gasteiger partial charge in [-0.2, -0.15) is 13.2 Å². The zero-order valence-corrected chi connectivity index (χ0v) is 12.6. The number of halogens is 5. The summed E-state index contributed by atoms with van der Waals surface area (Å²) in [6, 6.07) is 3.45. The number of aromatic nitrogens is 4. The first-order valence-corrected chi connectivity index (χ1v) is 6.79. The van der Waals surface area contributed by atoms with E-state index < -0.39 is 17.7 Å². The second-order valence-electron chi connectivity index (χ2n) is 4.51. The molecule has 0 saturated heterocycles. The molecule has 0 aliphatic heterocycles. The lowest BCUT2D eigenvalue weighted by Gasteiger charge is -2.05. The van der Waals surface area contributed by atoms with Gasteiger partial charge >= 0.3 is 6.18 Å². The summed E-state index contributed by atoms with van der Waals surface area (Å²) < 4.78 is 53.8. The van der Waals surface area contributed by atoms with Crippen molar-refractivity contribution in [3.05, 3.63) is 40.5 Å². The molecule has 0 radical (unpaired) electrons. The van der Waals surface area contributed by atoms with Crippen LogP contribution in [0.2, 0.25) is 0 Å². The monoisotopic (exact) mass is 374 g/mol. The van der Waals surface area contributed by atoms with Crippen molar-refractivity contribution in [1.82, 2.24) is 19.5 Å². The zero-order chi connectivity index (χ0) is 16.1. The molecular weight excluding hydrogens is 368 g/mol. The molecule has 3 heterocycles. The summed E-state index contributed by atoms with van der Waals surface area (Å²) in [4.78, 5) is 11.4. The van der Waals surface area contributed by atoms with Gasteiger partial charge in [-0.1, -0.05) is 0 Å². The molecule has 3 aromatic heterocycles. The quantitative estimate of drug-likeness (QED) is 0.478. The Labute approximate surface area is 130 Å².